The molecular formula is C15H28N2. The van der Waals surface area contributed by atoms with Crippen LogP contribution < -0.4 is 5.32 Å². The third-order valence-corrected chi connectivity index (χ3v) is 4.80. The first-order chi connectivity index (χ1) is 8.40. The molecule has 1 heterocycles. The van der Waals surface area contributed by atoms with Crippen molar-refractivity contribution in [3.8, 4) is 0 Å². The Morgan fingerprint density at radius 2 is 1.65 bits per heavy atom. The third kappa shape index (κ3) is 3.69. The van der Waals surface area contributed by atoms with Crippen molar-refractivity contribution in [3.05, 3.63) is 0 Å². The smallest absolute Gasteiger partial charge is 0.0198 e. The van der Waals surface area contributed by atoms with Crippen LogP contribution in [0, 0.1) is 5.92 Å². The van der Waals surface area contributed by atoms with Gasteiger partial charge in [0, 0.05) is 25.2 Å². The summed E-state index contributed by atoms with van der Waals surface area (Å²) in [5.41, 5.74) is 0. The van der Waals surface area contributed by atoms with Crippen molar-refractivity contribution in [2.45, 2.75) is 69.9 Å². The van der Waals surface area contributed by atoms with E-state index >= 15 is 0 Å². The lowest BCUT2D eigenvalue weighted by Crippen LogP contribution is -2.47. The number of hydrogen-bond donors (Lipinski definition) is 1. The first-order valence-corrected chi connectivity index (χ1v) is 7.88. The van der Waals surface area contributed by atoms with Crippen LogP contribution in [-0.2, 0) is 0 Å². The van der Waals surface area contributed by atoms with Crippen LogP contribution in [0.15, 0.2) is 0 Å². The van der Waals surface area contributed by atoms with Crippen molar-refractivity contribution in [3.63, 3.8) is 0 Å². The summed E-state index contributed by atoms with van der Waals surface area (Å²) < 4.78 is 0. The highest BCUT2D eigenvalue weighted by atomic mass is 15.2. The molecule has 3 aliphatic rings. The molecule has 0 spiro atoms. The predicted octanol–water partition coefficient (Wildman–Crippen LogP) is 2.78. The van der Waals surface area contributed by atoms with E-state index in [1.165, 1.54) is 77.4 Å². The molecule has 3 fully saturated rings. The Bertz CT molecular complexity index is 231. The maximum Gasteiger partial charge on any atom is 0.0198 e. The maximum atomic E-state index is 3.82. The Morgan fingerprint density at radius 3 is 2.41 bits per heavy atom. The van der Waals surface area contributed by atoms with E-state index in [2.05, 4.69) is 10.2 Å². The second-order valence-electron chi connectivity index (χ2n) is 6.54. The SMILES string of the molecule is C1CCC(CN2CCCC(NC3CC3)C2)CC1. The highest BCUT2D eigenvalue weighted by Gasteiger charge is 2.28. The molecule has 0 aromatic rings. The summed E-state index contributed by atoms with van der Waals surface area (Å²) in [5.74, 6) is 1.02. The summed E-state index contributed by atoms with van der Waals surface area (Å²) in [5, 5.41) is 3.82. The van der Waals surface area contributed by atoms with Crippen LogP contribution in [0.5, 0.6) is 0 Å². The molecule has 2 aliphatic carbocycles. The van der Waals surface area contributed by atoms with Gasteiger partial charge < -0.3 is 10.2 Å². The molecule has 1 atom stereocenters. The van der Waals surface area contributed by atoms with Gasteiger partial charge in [-0.1, -0.05) is 19.3 Å². The van der Waals surface area contributed by atoms with Gasteiger partial charge in [0.1, 0.15) is 0 Å². The van der Waals surface area contributed by atoms with E-state index < -0.39 is 0 Å². The lowest BCUT2D eigenvalue weighted by atomic mass is 9.88. The van der Waals surface area contributed by atoms with Gasteiger partial charge in [-0.25, -0.2) is 0 Å². The fourth-order valence-electron chi connectivity index (χ4n) is 3.68. The number of hydrogen-bond acceptors (Lipinski definition) is 2. The van der Waals surface area contributed by atoms with E-state index in [4.69, 9.17) is 0 Å². The Labute approximate surface area is 106 Å². The van der Waals surface area contributed by atoms with Crippen LogP contribution in [-0.4, -0.2) is 36.6 Å². The summed E-state index contributed by atoms with van der Waals surface area (Å²) in [6.45, 7) is 4.08. The quantitative estimate of drug-likeness (QED) is 0.807. The topological polar surface area (TPSA) is 15.3 Å². The molecule has 0 aromatic carbocycles. The number of nitrogens with one attached hydrogen (secondary N) is 1. The third-order valence-electron chi connectivity index (χ3n) is 4.80. The van der Waals surface area contributed by atoms with E-state index in [1.54, 1.807) is 0 Å². The van der Waals surface area contributed by atoms with Crippen molar-refractivity contribution >= 4 is 0 Å². The standard InChI is InChI=1S/C15H28N2/c1-2-5-13(6-3-1)11-17-10-4-7-15(12-17)16-14-8-9-14/h13-16H,1-12H2. The second kappa shape index (κ2) is 5.71. The van der Waals surface area contributed by atoms with Crippen molar-refractivity contribution in [1.29, 1.82) is 0 Å². The largest absolute Gasteiger partial charge is 0.310 e. The van der Waals surface area contributed by atoms with Crippen LogP contribution in [0.3, 0.4) is 0 Å². The molecule has 0 radical (unpaired) electrons. The van der Waals surface area contributed by atoms with Gasteiger partial charge in [-0.15, -0.1) is 0 Å². The monoisotopic (exact) mass is 236 g/mol. The summed E-state index contributed by atoms with van der Waals surface area (Å²) in [7, 11) is 0. The van der Waals surface area contributed by atoms with Gasteiger partial charge in [-0.05, 0) is 51.0 Å². The van der Waals surface area contributed by atoms with E-state index in [9.17, 15) is 0 Å². The summed E-state index contributed by atoms with van der Waals surface area (Å²) in [6, 6.07) is 1.69. The molecular weight excluding hydrogens is 208 g/mol. The van der Waals surface area contributed by atoms with E-state index in [0.717, 1.165) is 18.0 Å². The molecule has 2 nitrogen and oxygen atoms in total. The van der Waals surface area contributed by atoms with Crippen molar-refractivity contribution in [2.75, 3.05) is 19.6 Å². The first-order valence-electron chi connectivity index (χ1n) is 7.88. The van der Waals surface area contributed by atoms with Gasteiger partial charge >= 0.3 is 0 Å². The van der Waals surface area contributed by atoms with Crippen molar-refractivity contribution < 1.29 is 0 Å². The Hall–Kier alpha value is -0.0800. The lowest BCUT2D eigenvalue weighted by Gasteiger charge is -2.36. The zero-order valence-electron chi connectivity index (χ0n) is 11.2. The summed E-state index contributed by atoms with van der Waals surface area (Å²) in [6.07, 6.45) is 13.1. The zero-order valence-corrected chi connectivity index (χ0v) is 11.2. The molecule has 2 saturated carbocycles. The molecule has 2 heteroatoms. The Kier molecular flexibility index (Phi) is 4.02. The average molecular weight is 236 g/mol. The Balaban J connectivity index is 1.42. The molecule has 0 bridgehead atoms. The molecule has 1 aliphatic heterocycles. The molecule has 1 unspecified atom stereocenters. The van der Waals surface area contributed by atoms with Gasteiger partial charge in [0.2, 0.25) is 0 Å². The number of nitrogens with zero attached hydrogens (tertiary/aromatic N) is 1. The van der Waals surface area contributed by atoms with Gasteiger partial charge in [0.25, 0.3) is 0 Å². The fraction of sp³-hybridized carbons (Fsp3) is 1.00. The number of likely N-dealkylation sites (tertiary alicyclic amines) is 1. The molecule has 1 N–H and O–H groups in total. The zero-order chi connectivity index (χ0) is 11.5. The van der Waals surface area contributed by atoms with Crippen LogP contribution in [0.1, 0.15) is 57.8 Å². The van der Waals surface area contributed by atoms with E-state index in [0.29, 0.717) is 0 Å². The van der Waals surface area contributed by atoms with E-state index in [-0.39, 0.29) is 0 Å². The van der Waals surface area contributed by atoms with Gasteiger partial charge in [-0.3, -0.25) is 0 Å². The van der Waals surface area contributed by atoms with Gasteiger partial charge in [0.15, 0.2) is 0 Å². The molecule has 17 heavy (non-hydrogen) atoms. The van der Waals surface area contributed by atoms with Gasteiger partial charge in [-0.2, -0.15) is 0 Å². The predicted molar refractivity (Wildman–Crippen MR) is 72.2 cm³/mol. The summed E-state index contributed by atoms with van der Waals surface area (Å²) >= 11 is 0. The first kappa shape index (κ1) is 12.0. The fourth-order valence-corrected chi connectivity index (χ4v) is 3.68. The minimum absolute atomic E-state index is 0.805. The minimum Gasteiger partial charge on any atom is -0.310 e. The number of piperidine rings is 1. The Morgan fingerprint density at radius 1 is 0.824 bits per heavy atom. The van der Waals surface area contributed by atoms with Crippen LogP contribution in [0.25, 0.3) is 0 Å². The van der Waals surface area contributed by atoms with Crippen molar-refractivity contribution in [2.24, 2.45) is 5.92 Å². The molecule has 0 amide bonds. The van der Waals surface area contributed by atoms with Crippen LogP contribution in [0.4, 0.5) is 0 Å². The number of rotatable bonds is 4. The van der Waals surface area contributed by atoms with Gasteiger partial charge in [0.05, 0.1) is 0 Å². The normalized spacial score (nSPS) is 32.8. The second-order valence-corrected chi connectivity index (χ2v) is 6.54. The highest BCUT2D eigenvalue weighted by Crippen LogP contribution is 2.26. The van der Waals surface area contributed by atoms with Crippen molar-refractivity contribution in [1.82, 2.24) is 10.2 Å². The van der Waals surface area contributed by atoms with E-state index in [1.807, 2.05) is 0 Å². The molecule has 1 saturated heterocycles. The average Bonchev–Trinajstić information content (AvgIpc) is 3.15. The highest BCUT2D eigenvalue weighted by molar-refractivity contribution is 4.88. The van der Waals surface area contributed by atoms with Crippen LogP contribution in [0.2, 0.25) is 0 Å². The molecule has 98 valence electrons. The van der Waals surface area contributed by atoms with Crippen LogP contribution >= 0.6 is 0 Å². The lowest BCUT2D eigenvalue weighted by molar-refractivity contribution is 0.149. The summed E-state index contributed by atoms with van der Waals surface area (Å²) in [4.78, 5) is 2.75. The maximum absolute atomic E-state index is 3.82. The minimum atomic E-state index is 0.805. The molecule has 0 aromatic heterocycles. The molecule has 3 rings (SSSR count).